The highest BCUT2D eigenvalue weighted by molar-refractivity contribution is 5.80. The van der Waals surface area contributed by atoms with Gasteiger partial charge in [0.2, 0.25) is 0 Å². The molecule has 0 aliphatic carbocycles. The Kier molecular flexibility index (Phi) is 8.12. The third-order valence-electron chi connectivity index (χ3n) is 4.94. The quantitative estimate of drug-likeness (QED) is 0.544. The summed E-state index contributed by atoms with van der Waals surface area (Å²) in [6.07, 6.45) is -3.10. The van der Waals surface area contributed by atoms with Gasteiger partial charge in [0.25, 0.3) is 0 Å². The number of aliphatic imine (C=N–C) groups is 1. The van der Waals surface area contributed by atoms with Gasteiger partial charge in [-0.3, -0.25) is 4.99 Å². The standard InChI is InChI=1S/C20H30F3N3O2/c1-4-24-18(26-15(2)13-27-3)25-14-19(8-10-28-11-9-19)16-6-5-7-17(12-16)20(21,22)23/h5-7,12,15H,4,8-11,13-14H2,1-3H3,(H2,24,25,26). The lowest BCUT2D eigenvalue weighted by atomic mass is 9.74. The van der Waals surface area contributed by atoms with Gasteiger partial charge in [0, 0.05) is 38.3 Å². The van der Waals surface area contributed by atoms with Crippen LogP contribution in [-0.4, -0.2) is 52.0 Å². The third-order valence-corrected chi connectivity index (χ3v) is 4.94. The van der Waals surface area contributed by atoms with Crippen LogP contribution in [0.5, 0.6) is 0 Å². The number of halogens is 3. The first-order valence-corrected chi connectivity index (χ1v) is 9.60. The Morgan fingerprint density at radius 1 is 1.32 bits per heavy atom. The summed E-state index contributed by atoms with van der Waals surface area (Å²) in [7, 11) is 1.63. The number of nitrogens with zero attached hydrogens (tertiary/aromatic N) is 1. The summed E-state index contributed by atoms with van der Waals surface area (Å²) in [5.41, 5.74) is -0.444. The molecule has 2 N–H and O–H groups in total. The fraction of sp³-hybridized carbons (Fsp3) is 0.650. The van der Waals surface area contributed by atoms with Gasteiger partial charge >= 0.3 is 6.18 Å². The maximum atomic E-state index is 13.2. The van der Waals surface area contributed by atoms with E-state index in [0.717, 1.165) is 6.07 Å². The molecule has 5 nitrogen and oxygen atoms in total. The van der Waals surface area contributed by atoms with E-state index in [-0.39, 0.29) is 6.04 Å². The molecule has 0 amide bonds. The summed E-state index contributed by atoms with van der Waals surface area (Å²) in [6.45, 7) is 6.56. The number of methoxy groups -OCH3 is 1. The number of ether oxygens (including phenoxy) is 2. The van der Waals surface area contributed by atoms with E-state index < -0.39 is 17.2 Å². The van der Waals surface area contributed by atoms with Crippen molar-refractivity contribution in [2.45, 2.75) is 44.3 Å². The smallest absolute Gasteiger partial charge is 0.383 e. The Bertz CT molecular complexity index is 644. The van der Waals surface area contributed by atoms with Gasteiger partial charge < -0.3 is 20.1 Å². The third kappa shape index (κ3) is 6.10. The molecule has 8 heteroatoms. The first-order chi connectivity index (χ1) is 13.3. The molecule has 1 heterocycles. The summed E-state index contributed by atoms with van der Waals surface area (Å²) >= 11 is 0. The minimum Gasteiger partial charge on any atom is -0.383 e. The molecule has 0 radical (unpaired) electrons. The maximum absolute atomic E-state index is 13.2. The lowest BCUT2D eigenvalue weighted by Crippen LogP contribution is -2.45. The second-order valence-corrected chi connectivity index (χ2v) is 7.17. The fourth-order valence-electron chi connectivity index (χ4n) is 3.40. The molecule has 1 saturated heterocycles. The van der Waals surface area contributed by atoms with Crippen LogP contribution in [0.15, 0.2) is 29.3 Å². The van der Waals surface area contributed by atoms with Gasteiger partial charge in [-0.25, -0.2) is 0 Å². The number of alkyl halides is 3. The van der Waals surface area contributed by atoms with Gasteiger partial charge in [0.1, 0.15) is 0 Å². The van der Waals surface area contributed by atoms with E-state index in [2.05, 4.69) is 10.6 Å². The largest absolute Gasteiger partial charge is 0.416 e. The fourth-order valence-corrected chi connectivity index (χ4v) is 3.40. The van der Waals surface area contributed by atoms with E-state index >= 15 is 0 Å². The van der Waals surface area contributed by atoms with E-state index in [1.54, 1.807) is 13.2 Å². The van der Waals surface area contributed by atoms with Crippen LogP contribution < -0.4 is 10.6 Å². The summed E-state index contributed by atoms with van der Waals surface area (Å²) < 4.78 is 50.2. The van der Waals surface area contributed by atoms with E-state index in [1.165, 1.54) is 12.1 Å². The molecule has 1 aromatic rings. The molecular weight excluding hydrogens is 371 g/mol. The summed E-state index contributed by atoms with van der Waals surface area (Å²) in [5.74, 6) is 0.630. The average Bonchev–Trinajstić information content (AvgIpc) is 2.67. The Morgan fingerprint density at radius 3 is 2.64 bits per heavy atom. The molecular formula is C20H30F3N3O2. The molecule has 28 heavy (non-hydrogen) atoms. The van der Waals surface area contributed by atoms with E-state index in [1.807, 2.05) is 13.8 Å². The molecule has 1 aliphatic heterocycles. The molecule has 0 aromatic heterocycles. The van der Waals surface area contributed by atoms with Crippen LogP contribution in [0.25, 0.3) is 0 Å². The van der Waals surface area contributed by atoms with Crippen molar-refractivity contribution in [2.24, 2.45) is 4.99 Å². The zero-order valence-corrected chi connectivity index (χ0v) is 16.7. The highest BCUT2D eigenvalue weighted by atomic mass is 19.4. The second kappa shape index (κ2) is 10.1. The molecule has 1 aliphatic rings. The van der Waals surface area contributed by atoms with Crippen molar-refractivity contribution in [1.29, 1.82) is 0 Å². The second-order valence-electron chi connectivity index (χ2n) is 7.17. The number of hydrogen-bond donors (Lipinski definition) is 2. The summed E-state index contributed by atoms with van der Waals surface area (Å²) in [4.78, 5) is 4.70. The number of benzene rings is 1. The van der Waals surface area contributed by atoms with Crippen molar-refractivity contribution < 1.29 is 22.6 Å². The lowest BCUT2D eigenvalue weighted by Gasteiger charge is -2.37. The van der Waals surface area contributed by atoms with Crippen molar-refractivity contribution >= 4 is 5.96 Å². The molecule has 1 unspecified atom stereocenters. The molecule has 0 spiro atoms. The van der Waals surface area contributed by atoms with Crippen LogP contribution in [0.4, 0.5) is 13.2 Å². The monoisotopic (exact) mass is 401 g/mol. The van der Waals surface area contributed by atoms with Crippen LogP contribution in [0, 0.1) is 0 Å². The first kappa shape index (κ1) is 22.5. The number of hydrogen-bond acceptors (Lipinski definition) is 3. The number of guanidine groups is 1. The molecule has 1 atom stereocenters. The average molecular weight is 401 g/mol. The highest BCUT2D eigenvalue weighted by Crippen LogP contribution is 2.38. The van der Waals surface area contributed by atoms with Crippen LogP contribution in [0.2, 0.25) is 0 Å². The van der Waals surface area contributed by atoms with E-state index in [0.29, 0.717) is 57.3 Å². The van der Waals surface area contributed by atoms with Gasteiger partial charge in [-0.15, -0.1) is 0 Å². The summed E-state index contributed by atoms with van der Waals surface area (Å²) in [5, 5.41) is 6.45. The minimum atomic E-state index is -4.36. The summed E-state index contributed by atoms with van der Waals surface area (Å²) in [6, 6.07) is 5.67. The first-order valence-electron chi connectivity index (χ1n) is 9.60. The van der Waals surface area contributed by atoms with Gasteiger partial charge in [-0.05, 0) is 38.3 Å². The Labute approximate surface area is 164 Å². The van der Waals surface area contributed by atoms with Crippen LogP contribution in [0.3, 0.4) is 0 Å². The molecule has 2 rings (SSSR count). The van der Waals surface area contributed by atoms with Gasteiger partial charge in [0.15, 0.2) is 5.96 Å². The Hall–Kier alpha value is -1.80. The van der Waals surface area contributed by atoms with Gasteiger partial charge in [-0.2, -0.15) is 13.2 Å². The van der Waals surface area contributed by atoms with E-state index in [9.17, 15) is 13.2 Å². The van der Waals surface area contributed by atoms with Crippen molar-refractivity contribution in [2.75, 3.05) is 40.0 Å². The van der Waals surface area contributed by atoms with Crippen molar-refractivity contribution in [3.8, 4) is 0 Å². The van der Waals surface area contributed by atoms with Gasteiger partial charge in [0.05, 0.1) is 18.7 Å². The normalized spacial score (nSPS) is 18.6. The maximum Gasteiger partial charge on any atom is 0.416 e. The highest BCUT2D eigenvalue weighted by Gasteiger charge is 2.37. The SMILES string of the molecule is CCNC(=NCC1(c2cccc(C(F)(F)F)c2)CCOCC1)NC(C)COC. The molecule has 0 bridgehead atoms. The predicted octanol–water partition coefficient (Wildman–Crippen LogP) is 3.34. The molecule has 1 aromatic carbocycles. The lowest BCUT2D eigenvalue weighted by molar-refractivity contribution is -0.137. The van der Waals surface area contributed by atoms with E-state index in [4.69, 9.17) is 14.5 Å². The molecule has 1 fully saturated rings. The van der Waals surface area contributed by atoms with Crippen LogP contribution in [0.1, 0.15) is 37.8 Å². The number of rotatable bonds is 7. The molecule has 158 valence electrons. The van der Waals surface area contributed by atoms with Crippen LogP contribution >= 0.6 is 0 Å². The van der Waals surface area contributed by atoms with Crippen molar-refractivity contribution in [1.82, 2.24) is 10.6 Å². The zero-order chi connectivity index (χ0) is 20.6. The molecule has 0 saturated carbocycles. The van der Waals surface area contributed by atoms with Gasteiger partial charge in [-0.1, -0.05) is 18.2 Å². The topological polar surface area (TPSA) is 54.9 Å². The zero-order valence-electron chi connectivity index (χ0n) is 16.7. The predicted molar refractivity (Wildman–Crippen MR) is 104 cm³/mol. The van der Waals surface area contributed by atoms with Crippen molar-refractivity contribution in [3.05, 3.63) is 35.4 Å². The Balaban J connectivity index is 2.29. The minimum absolute atomic E-state index is 0.0574. The Morgan fingerprint density at radius 2 is 2.04 bits per heavy atom. The van der Waals surface area contributed by atoms with Crippen LogP contribution in [-0.2, 0) is 21.1 Å². The number of nitrogens with one attached hydrogen (secondary N) is 2. The van der Waals surface area contributed by atoms with Crippen molar-refractivity contribution in [3.63, 3.8) is 0 Å².